The number of rotatable bonds is 14. The summed E-state index contributed by atoms with van der Waals surface area (Å²) in [6, 6.07) is 10.2. The van der Waals surface area contributed by atoms with Crippen LogP contribution in [0.15, 0.2) is 109 Å². The molecule has 0 atom stereocenters. The number of nitrogens with one attached hydrogen (secondary N) is 3. The predicted octanol–water partition coefficient (Wildman–Crippen LogP) is 6.74. The first-order valence-corrected chi connectivity index (χ1v) is 24.2. The lowest BCUT2D eigenvalue weighted by atomic mass is 10.3. The Kier molecular flexibility index (Phi) is 15.3. The van der Waals surface area contributed by atoms with E-state index in [2.05, 4.69) is 58.0 Å². The van der Waals surface area contributed by atoms with Gasteiger partial charge < -0.3 is 15.0 Å². The van der Waals surface area contributed by atoms with Gasteiger partial charge in [0, 0.05) is 74.0 Å². The first kappa shape index (κ1) is 50.6. The molecule has 0 unspecified atom stereocenters. The fourth-order valence-corrected chi connectivity index (χ4v) is 8.27. The molecule has 0 saturated heterocycles. The molecule has 9 aromatic heterocycles. The summed E-state index contributed by atoms with van der Waals surface area (Å²) in [5.74, 6) is 1.42. The normalized spacial score (nSPS) is 12.2. The minimum Gasteiger partial charge on any atom is -0.332 e. The van der Waals surface area contributed by atoms with E-state index in [9.17, 15) is 28.8 Å². The highest BCUT2D eigenvalue weighted by atomic mass is 35.5. The molecule has 9 heterocycles. The van der Waals surface area contributed by atoms with Gasteiger partial charge in [-0.2, -0.15) is 0 Å². The number of aromatic amines is 3. The van der Waals surface area contributed by atoms with Gasteiger partial charge in [0.15, 0.2) is 16.9 Å². The Morgan fingerprint density at radius 2 is 0.875 bits per heavy atom. The number of H-pyrrole nitrogens is 3. The Bertz CT molecular complexity index is 3850. The van der Waals surface area contributed by atoms with Crippen molar-refractivity contribution in [2.24, 2.45) is 0 Å². The Labute approximate surface area is 422 Å². The zero-order chi connectivity index (χ0) is 51.4. The lowest BCUT2D eigenvalue weighted by Gasteiger charge is -2.09. The van der Waals surface area contributed by atoms with Crippen molar-refractivity contribution in [3.8, 4) is 34.2 Å². The van der Waals surface area contributed by atoms with Crippen LogP contribution in [-0.2, 0) is 32.7 Å². The van der Waals surface area contributed by atoms with Crippen LogP contribution in [0.5, 0.6) is 0 Å². The average molecular weight is 1040 g/mol. The van der Waals surface area contributed by atoms with Crippen LogP contribution in [0.3, 0.4) is 0 Å². The first-order valence-electron chi connectivity index (χ1n) is 23.0. The molecule has 24 heteroatoms. The second-order valence-corrected chi connectivity index (χ2v) is 17.7. The highest BCUT2D eigenvalue weighted by Crippen LogP contribution is 2.32. The van der Waals surface area contributed by atoms with Crippen molar-refractivity contribution in [2.75, 3.05) is 0 Å². The van der Waals surface area contributed by atoms with Gasteiger partial charge in [-0.25, -0.2) is 44.3 Å². The monoisotopic (exact) mass is 1040 g/mol. The molecular formula is C48H48Cl3N15O6. The molecule has 0 bridgehead atoms. The summed E-state index contributed by atoms with van der Waals surface area (Å²) in [7, 11) is 0. The van der Waals surface area contributed by atoms with Gasteiger partial charge in [-0.1, -0.05) is 67.7 Å². The number of imidazole rings is 3. The SMILES string of the molecule is C=CCn1c(=O)c2[nH]c(-c3ccc(Cl)nc3)nc2n(CC=C)c1=O.CCCn1c(=O)c2[nH]c(-c3ccc(Cl)nc3)nc2n(CCC)c1=O.CCCn1c(=O)n(C2CC2)c(=O)c2[nH]c(-c3ccc(Cl)nc3)nc21. The maximum atomic E-state index is 12.7. The molecule has 0 radical (unpaired) electrons. The molecule has 0 amide bonds. The van der Waals surface area contributed by atoms with Gasteiger partial charge in [-0.05, 0) is 68.5 Å². The number of aromatic nitrogens is 15. The molecule has 72 heavy (non-hydrogen) atoms. The average Bonchev–Trinajstić information content (AvgIpc) is 3.71. The number of hydrogen-bond donors (Lipinski definition) is 3. The smallest absolute Gasteiger partial charge is 0.332 e. The van der Waals surface area contributed by atoms with Crippen LogP contribution >= 0.6 is 34.8 Å². The molecule has 1 aliphatic carbocycles. The molecule has 1 aliphatic rings. The Morgan fingerprint density at radius 3 is 1.26 bits per heavy atom. The highest BCUT2D eigenvalue weighted by molar-refractivity contribution is 6.30. The molecule has 10 rings (SSSR count). The Morgan fingerprint density at radius 1 is 0.514 bits per heavy atom. The summed E-state index contributed by atoms with van der Waals surface area (Å²) in [4.78, 5) is 110. The van der Waals surface area contributed by atoms with Gasteiger partial charge in [-0.15, -0.1) is 13.2 Å². The van der Waals surface area contributed by atoms with E-state index in [0.717, 1.165) is 30.3 Å². The van der Waals surface area contributed by atoms with Crippen LogP contribution in [-0.4, -0.2) is 72.3 Å². The molecule has 372 valence electrons. The third-order valence-corrected chi connectivity index (χ3v) is 12.1. The van der Waals surface area contributed by atoms with Gasteiger partial charge in [0.2, 0.25) is 0 Å². The van der Waals surface area contributed by atoms with Crippen molar-refractivity contribution in [1.29, 1.82) is 0 Å². The fourth-order valence-electron chi connectivity index (χ4n) is 7.94. The lowest BCUT2D eigenvalue weighted by Crippen LogP contribution is -2.40. The summed E-state index contributed by atoms with van der Waals surface area (Å²) in [6.07, 6.45) is 11.8. The number of fused-ring (bicyclic) bond motifs is 3. The van der Waals surface area contributed by atoms with Gasteiger partial charge >= 0.3 is 17.1 Å². The fraction of sp³-hybridized carbons (Fsp3) is 0.292. The van der Waals surface area contributed by atoms with E-state index in [-0.39, 0.29) is 52.8 Å². The van der Waals surface area contributed by atoms with E-state index in [1.807, 2.05) is 20.8 Å². The number of nitrogens with zero attached hydrogens (tertiary/aromatic N) is 12. The van der Waals surface area contributed by atoms with Gasteiger partial charge in [0.1, 0.15) is 49.5 Å². The van der Waals surface area contributed by atoms with Crippen molar-refractivity contribution in [3.63, 3.8) is 0 Å². The number of halogens is 3. The molecule has 1 fully saturated rings. The largest absolute Gasteiger partial charge is 0.333 e. The summed E-state index contributed by atoms with van der Waals surface area (Å²) in [6.45, 7) is 14.9. The van der Waals surface area contributed by atoms with E-state index in [4.69, 9.17) is 34.8 Å². The quantitative estimate of drug-likeness (QED) is 0.0756. The molecular weight excluding hydrogens is 989 g/mol. The van der Waals surface area contributed by atoms with Crippen LogP contribution in [0, 0.1) is 0 Å². The third-order valence-electron chi connectivity index (χ3n) is 11.4. The van der Waals surface area contributed by atoms with Gasteiger partial charge in [-0.3, -0.25) is 41.8 Å². The summed E-state index contributed by atoms with van der Waals surface area (Å²) >= 11 is 17.4. The van der Waals surface area contributed by atoms with Crippen LogP contribution in [0.1, 0.15) is 58.9 Å². The van der Waals surface area contributed by atoms with E-state index in [0.29, 0.717) is 98.0 Å². The number of allylic oxidation sites excluding steroid dienone is 2. The number of aryl methyl sites for hydroxylation is 2. The molecule has 9 aromatic rings. The van der Waals surface area contributed by atoms with Gasteiger partial charge in [0.25, 0.3) is 16.7 Å². The van der Waals surface area contributed by atoms with Crippen LogP contribution in [0.25, 0.3) is 67.7 Å². The van der Waals surface area contributed by atoms with Crippen molar-refractivity contribution < 1.29 is 0 Å². The molecule has 3 N–H and O–H groups in total. The van der Waals surface area contributed by atoms with Crippen molar-refractivity contribution in [1.82, 2.24) is 72.3 Å². The van der Waals surface area contributed by atoms with Gasteiger partial charge in [0.05, 0.1) is 0 Å². The number of hydrogen-bond acceptors (Lipinski definition) is 12. The summed E-state index contributed by atoms with van der Waals surface area (Å²) in [5.41, 5.74) is 1.91. The van der Waals surface area contributed by atoms with E-state index < -0.39 is 11.2 Å². The van der Waals surface area contributed by atoms with Crippen LogP contribution in [0.2, 0.25) is 15.5 Å². The molecule has 0 aliphatic heterocycles. The van der Waals surface area contributed by atoms with Crippen LogP contribution < -0.4 is 33.7 Å². The zero-order valence-corrected chi connectivity index (χ0v) is 41.6. The first-order chi connectivity index (χ1) is 34.7. The van der Waals surface area contributed by atoms with E-state index >= 15 is 0 Å². The standard InChI is InChI=1S/C16H16ClN5O2.C16H18ClN5O2.C16H14ClN5O2/c1-2-7-21-14-12(15(23)22(16(21)24)10-4-5-10)19-13(20-14)9-3-6-11(17)18-8-9;2*1-3-7-21-14-12(15(23)22(8-4-2)16(21)24)19-13(20-14)10-5-6-11(17)18-9-10/h3,6,8,10H,2,4-5,7H2,1H3,(H,19,20);5-6,9H,3-4,7-8H2,1-2H3,(H,19,20);3-6,9H,1-2,7-8H2,(H,19,20). The summed E-state index contributed by atoms with van der Waals surface area (Å²) < 4.78 is 8.24. The van der Waals surface area contributed by atoms with Crippen molar-refractivity contribution >= 4 is 68.3 Å². The Balaban J connectivity index is 0.000000144. The summed E-state index contributed by atoms with van der Waals surface area (Å²) in [5, 5.41) is 1.11. The third kappa shape index (κ3) is 10.1. The molecule has 0 spiro atoms. The second-order valence-electron chi connectivity index (χ2n) is 16.6. The zero-order valence-electron chi connectivity index (χ0n) is 39.4. The Hall–Kier alpha value is -7.75. The predicted molar refractivity (Wildman–Crippen MR) is 278 cm³/mol. The maximum Gasteiger partial charge on any atom is 0.333 e. The molecule has 21 nitrogen and oxygen atoms in total. The van der Waals surface area contributed by atoms with Crippen molar-refractivity contribution in [3.05, 3.63) is 158 Å². The second kappa shape index (κ2) is 21.7. The topological polar surface area (TPSA) is 257 Å². The van der Waals surface area contributed by atoms with Crippen LogP contribution in [0.4, 0.5) is 0 Å². The minimum atomic E-state index is -0.459. The minimum absolute atomic E-state index is 0.0152. The lowest BCUT2D eigenvalue weighted by molar-refractivity contribution is 0.555. The maximum absolute atomic E-state index is 12.7. The van der Waals surface area contributed by atoms with E-state index in [1.165, 1.54) is 26.0 Å². The molecule has 0 aromatic carbocycles. The number of pyridine rings is 3. The molecule has 1 saturated carbocycles. The van der Waals surface area contributed by atoms with E-state index in [1.54, 1.807) is 64.0 Å². The van der Waals surface area contributed by atoms with Crippen molar-refractivity contribution in [2.45, 2.75) is 91.6 Å². The highest BCUT2D eigenvalue weighted by Gasteiger charge is 2.30.